The summed E-state index contributed by atoms with van der Waals surface area (Å²) in [6, 6.07) is -0.534. The van der Waals surface area contributed by atoms with Gasteiger partial charge in [0.1, 0.15) is 6.10 Å². The molecular weight excluding hydrogens is 186 g/mol. The lowest BCUT2D eigenvalue weighted by Crippen LogP contribution is -3.00. The summed E-state index contributed by atoms with van der Waals surface area (Å²) in [5.41, 5.74) is 0. The number of aliphatic hydroxyl groups excluding tert-OH is 4. The topological polar surface area (TPSA) is 93.0 Å². The molecule has 0 unspecified atom stereocenters. The van der Waals surface area contributed by atoms with Gasteiger partial charge in [0.25, 0.3) is 0 Å². The van der Waals surface area contributed by atoms with Crippen LogP contribution in [0.2, 0.25) is 0 Å². The molecule has 5 nitrogen and oxygen atoms in total. The minimum atomic E-state index is -1.16. The van der Waals surface area contributed by atoms with Gasteiger partial charge >= 0.3 is 0 Å². The second-order valence-corrected chi connectivity index (χ2v) is 2.75. The molecule has 1 saturated heterocycles. The maximum atomic E-state index is 9.18. The van der Waals surface area contributed by atoms with E-state index in [1.165, 1.54) is 0 Å². The summed E-state index contributed by atoms with van der Waals surface area (Å²) in [6.07, 6.45) is -3.20. The third-order valence-corrected chi connectivity index (χ3v) is 1.94. The highest BCUT2D eigenvalue weighted by Gasteiger charge is 2.35. The largest absolute Gasteiger partial charge is 1.00 e. The quantitative estimate of drug-likeness (QED) is 0.289. The van der Waals surface area contributed by atoms with E-state index in [0.717, 1.165) is 0 Å². The van der Waals surface area contributed by atoms with Gasteiger partial charge in [-0.15, -0.1) is 0 Å². The normalized spacial score (nSPS) is 42.0. The molecule has 5 N–H and O–H groups in total. The molecule has 1 fully saturated rings. The molecule has 0 aliphatic carbocycles. The minimum absolute atomic E-state index is 0. The third kappa shape index (κ3) is 2.29. The molecule has 0 radical (unpaired) electrons. The highest BCUT2D eigenvalue weighted by Crippen LogP contribution is 2.09. The van der Waals surface area contributed by atoms with Crippen molar-refractivity contribution in [2.75, 3.05) is 13.2 Å². The lowest BCUT2D eigenvalue weighted by molar-refractivity contribution is -0.101. The summed E-state index contributed by atoms with van der Waals surface area (Å²) >= 11 is 0. The van der Waals surface area contributed by atoms with Crippen LogP contribution in [0.3, 0.4) is 0 Å². The van der Waals surface area contributed by atoms with Crippen molar-refractivity contribution in [3.8, 4) is 0 Å². The van der Waals surface area contributed by atoms with Crippen molar-refractivity contribution in [3.63, 3.8) is 0 Å². The minimum Gasteiger partial charge on any atom is -1.00 e. The van der Waals surface area contributed by atoms with Crippen molar-refractivity contribution < 1.29 is 32.8 Å². The average molecular weight is 199 g/mol. The van der Waals surface area contributed by atoms with Crippen LogP contribution in [0.15, 0.2) is 0 Å². The van der Waals surface area contributed by atoms with Gasteiger partial charge < -0.3 is 38.1 Å². The first-order valence-corrected chi connectivity index (χ1v) is 3.55. The van der Waals surface area contributed by atoms with Crippen LogP contribution in [0.4, 0.5) is 0 Å². The lowest BCUT2D eigenvalue weighted by atomic mass is 9.97. The molecule has 0 aromatic carbocycles. The zero-order valence-electron chi connectivity index (χ0n) is 6.39. The van der Waals surface area contributed by atoms with E-state index < -0.39 is 24.4 Å². The Kier molecular flexibility index (Phi) is 5.00. The number of aliphatic hydroxyl groups is 4. The Morgan fingerprint density at radius 1 is 1.17 bits per heavy atom. The van der Waals surface area contributed by atoms with Crippen LogP contribution < -0.4 is 17.7 Å². The summed E-state index contributed by atoms with van der Waals surface area (Å²) in [7, 11) is 0. The summed E-state index contributed by atoms with van der Waals surface area (Å²) < 4.78 is 0. The molecule has 1 aliphatic rings. The Bertz CT molecular complexity index is 135. The zero-order valence-corrected chi connectivity index (χ0v) is 7.15. The van der Waals surface area contributed by atoms with E-state index in [4.69, 9.17) is 15.3 Å². The van der Waals surface area contributed by atoms with Gasteiger partial charge in [-0.1, -0.05) is 0 Å². The average Bonchev–Trinajstić information content (AvgIpc) is 2.01. The first-order chi connectivity index (χ1) is 5.16. The molecule has 0 aromatic rings. The first kappa shape index (κ1) is 12.1. The molecule has 0 amide bonds. The summed E-state index contributed by atoms with van der Waals surface area (Å²) in [5, 5.41) is 38.6. The highest BCUT2D eigenvalue weighted by atomic mass is 35.5. The number of hydrogen-bond donors (Lipinski definition) is 5. The Morgan fingerprint density at radius 2 is 1.75 bits per heavy atom. The molecular formula is C6H13ClNO4-. The molecule has 12 heavy (non-hydrogen) atoms. The summed E-state index contributed by atoms with van der Waals surface area (Å²) in [6.45, 7) is -0.0472. The molecule has 0 bridgehead atoms. The predicted molar refractivity (Wildman–Crippen MR) is 36.9 cm³/mol. The van der Waals surface area contributed by atoms with Gasteiger partial charge in [-0.2, -0.15) is 0 Å². The van der Waals surface area contributed by atoms with Gasteiger partial charge in [0.15, 0.2) is 0 Å². The lowest BCUT2D eigenvalue weighted by Gasteiger charge is -2.34. The molecule has 1 heterocycles. The standard InChI is InChI=1S/C6H13NO4.ClH/c8-2-3-5(10)6(11)4(9)1-7-3;/h3-11H,1-2H2;1H/p-1/t3-,4-,5-,6-;/m1./s1. The van der Waals surface area contributed by atoms with Crippen LogP contribution >= 0.6 is 0 Å². The van der Waals surface area contributed by atoms with Crippen molar-refractivity contribution in [1.82, 2.24) is 5.32 Å². The van der Waals surface area contributed by atoms with E-state index in [-0.39, 0.29) is 25.6 Å². The van der Waals surface area contributed by atoms with Crippen molar-refractivity contribution >= 4 is 0 Å². The second kappa shape index (κ2) is 4.96. The third-order valence-electron chi connectivity index (χ3n) is 1.94. The van der Waals surface area contributed by atoms with Crippen LogP contribution in [0, 0.1) is 0 Å². The van der Waals surface area contributed by atoms with Crippen molar-refractivity contribution in [3.05, 3.63) is 0 Å². The zero-order chi connectivity index (χ0) is 8.43. The van der Waals surface area contributed by atoms with Crippen molar-refractivity contribution in [1.29, 1.82) is 0 Å². The second-order valence-electron chi connectivity index (χ2n) is 2.75. The number of β-amino-alcohol motifs (C(OH)–C–C–N with tert-alkyl or cyclic N) is 1. The number of nitrogens with one attached hydrogen (secondary N) is 1. The Labute approximate surface area is 76.4 Å². The molecule has 74 valence electrons. The Morgan fingerprint density at radius 3 is 2.25 bits per heavy atom. The van der Waals surface area contributed by atoms with E-state index in [2.05, 4.69) is 5.32 Å². The number of rotatable bonds is 1. The fraction of sp³-hybridized carbons (Fsp3) is 1.00. The van der Waals surface area contributed by atoms with Gasteiger partial charge in [0.2, 0.25) is 0 Å². The maximum Gasteiger partial charge on any atom is 0.109 e. The van der Waals surface area contributed by atoms with E-state index in [1.807, 2.05) is 0 Å². The highest BCUT2D eigenvalue weighted by molar-refractivity contribution is 4.91. The van der Waals surface area contributed by atoms with Gasteiger partial charge in [-0.3, -0.25) is 0 Å². The smallest absolute Gasteiger partial charge is 0.109 e. The molecule has 1 rings (SSSR count). The molecule has 4 atom stereocenters. The number of hydrogen-bond acceptors (Lipinski definition) is 5. The van der Waals surface area contributed by atoms with Gasteiger partial charge in [0.05, 0.1) is 24.9 Å². The Balaban J connectivity index is 0.00000121. The fourth-order valence-corrected chi connectivity index (χ4v) is 1.15. The van der Waals surface area contributed by atoms with E-state index >= 15 is 0 Å². The van der Waals surface area contributed by atoms with Crippen LogP contribution in [0.25, 0.3) is 0 Å². The van der Waals surface area contributed by atoms with Crippen molar-refractivity contribution in [2.45, 2.75) is 24.4 Å². The molecule has 0 saturated carbocycles. The molecule has 0 aromatic heterocycles. The molecule has 0 spiro atoms. The number of halogens is 1. The van der Waals surface area contributed by atoms with Crippen LogP contribution in [-0.4, -0.2) is 57.9 Å². The molecule has 1 aliphatic heterocycles. The van der Waals surface area contributed by atoms with Crippen LogP contribution in [-0.2, 0) is 0 Å². The summed E-state index contributed by atoms with van der Waals surface area (Å²) in [4.78, 5) is 0. The van der Waals surface area contributed by atoms with Crippen molar-refractivity contribution in [2.24, 2.45) is 0 Å². The first-order valence-electron chi connectivity index (χ1n) is 3.55. The van der Waals surface area contributed by atoms with Crippen LogP contribution in [0.1, 0.15) is 0 Å². The maximum absolute atomic E-state index is 9.18. The Hall–Kier alpha value is 0.0900. The fourth-order valence-electron chi connectivity index (χ4n) is 1.15. The monoisotopic (exact) mass is 198 g/mol. The van der Waals surface area contributed by atoms with E-state index in [9.17, 15) is 5.11 Å². The summed E-state index contributed by atoms with van der Waals surface area (Å²) in [5.74, 6) is 0. The molecule has 6 heteroatoms. The number of piperidine rings is 1. The van der Waals surface area contributed by atoms with Gasteiger partial charge in [0, 0.05) is 6.54 Å². The van der Waals surface area contributed by atoms with E-state index in [1.54, 1.807) is 0 Å². The van der Waals surface area contributed by atoms with Crippen LogP contribution in [0.5, 0.6) is 0 Å². The van der Waals surface area contributed by atoms with E-state index in [0.29, 0.717) is 0 Å². The van der Waals surface area contributed by atoms with Gasteiger partial charge in [-0.05, 0) is 0 Å². The van der Waals surface area contributed by atoms with Gasteiger partial charge in [-0.25, -0.2) is 0 Å². The SMILES string of the molecule is OC[C@H]1NC[C@@H](O)[C@@H](O)[C@@H]1O.[Cl-]. The predicted octanol–water partition coefficient (Wildman–Crippen LogP) is -5.96.